The average Bonchev–Trinajstić information content (AvgIpc) is 3.54. The average molecular weight is 520 g/mol. The number of hydrogen-bond acceptors (Lipinski definition) is 7. The van der Waals surface area contributed by atoms with Crippen LogP contribution in [0, 0.1) is 11.7 Å². The van der Waals surface area contributed by atoms with E-state index >= 15 is 0 Å². The highest BCUT2D eigenvalue weighted by Gasteiger charge is 2.58. The van der Waals surface area contributed by atoms with Crippen LogP contribution in [0.15, 0.2) is 22.6 Å². The smallest absolute Gasteiger partial charge is 0.484 e. The molecule has 0 radical (unpaired) electrons. The molecule has 1 amide bonds. The number of carbonyl (C=O) groups excluding carboxylic acids is 1. The van der Waals surface area contributed by atoms with Crippen molar-refractivity contribution in [2.75, 3.05) is 13.2 Å². The van der Waals surface area contributed by atoms with Gasteiger partial charge in [0.05, 0.1) is 17.7 Å². The summed E-state index contributed by atoms with van der Waals surface area (Å²) in [7, 11) is 0. The highest BCUT2D eigenvalue weighted by atomic mass is 35.5. The number of aromatic nitrogens is 2. The monoisotopic (exact) mass is 519 g/mol. The summed E-state index contributed by atoms with van der Waals surface area (Å²) in [6, 6.07) is 3.95. The lowest BCUT2D eigenvalue weighted by molar-refractivity contribution is -0.331. The van der Waals surface area contributed by atoms with Crippen LogP contribution in [0.25, 0.3) is 0 Å². The van der Waals surface area contributed by atoms with Crippen molar-refractivity contribution < 1.29 is 41.0 Å². The van der Waals surface area contributed by atoms with Gasteiger partial charge in [-0.15, -0.1) is 23.4 Å². The molecule has 0 spiro atoms. The number of nitrogens with zero attached hydrogens (tertiary/aromatic N) is 2. The first-order valence-corrected chi connectivity index (χ1v) is 11.6. The molecule has 1 aliphatic heterocycles. The van der Waals surface area contributed by atoms with E-state index < -0.39 is 31.0 Å². The Bertz CT molecular complexity index is 1090. The van der Waals surface area contributed by atoms with E-state index in [9.17, 15) is 22.4 Å². The quantitative estimate of drug-likeness (QED) is 0.515. The number of rotatable bonds is 8. The first-order chi connectivity index (χ1) is 16.6. The van der Waals surface area contributed by atoms with Gasteiger partial charge in [0, 0.05) is 17.5 Å². The summed E-state index contributed by atoms with van der Waals surface area (Å²) in [5.74, 6) is 0.161. The minimum atomic E-state index is -4.70. The Labute approximate surface area is 202 Å². The van der Waals surface area contributed by atoms with Gasteiger partial charge in [-0.05, 0) is 50.2 Å². The zero-order chi connectivity index (χ0) is 24.8. The van der Waals surface area contributed by atoms with Crippen LogP contribution in [-0.2, 0) is 14.3 Å². The van der Waals surface area contributed by atoms with Crippen molar-refractivity contribution >= 4 is 17.5 Å². The maximum Gasteiger partial charge on any atom is 0.522 e. The summed E-state index contributed by atoms with van der Waals surface area (Å²) in [4.78, 5) is 12.4. The van der Waals surface area contributed by atoms with Gasteiger partial charge in [0.25, 0.3) is 5.91 Å². The first kappa shape index (κ1) is 24.3. The highest BCUT2D eigenvalue weighted by Crippen LogP contribution is 2.59. The van der Waals surface area contributed by atoms with Crippen LogP contribution in [0.5, 0.6) is 5.75 Å². The Morgan fingerprint density at radius 1 is 1.20 bits per heavy atom. The number of nitrogens with one attached hydrogen (secondary N) is 1. The minimum absolute atomic E-state index is 0.0304. The molecule has 6 rings (SSSR count). The van der Waals surface area contributed by atoms with Gasteiger partial charge in [-0.25, -0.2) is 4.39 Å². The van der Waals surface area contributed by atoms with E-state index in [4.69, 9.17) is 25.5 Å². The Kier molecular flexibility index (Phi) is 6.39. The molecule has 2 heterocycles. The fraction of sp³-hybridized carbons (Fsp3) is 0.591. The van der Waals surface area contributed by atoms with Crippen molar-refractivity contribution in [3.8, 4) is 5.75 Å². The lowest BCUT2D eigenvalue weighted by Crippen LogP contribution is -2.53. The Morgan fingerprint density at radius 3 is 2.71 bits per heavy atom. The molecule has 1 N–H and O–H groups in total. The highest BCUT2D eigenvalue weighted by molar-refractivity contribution is 6.30. The summed E-state index contributed by atoms with van der Waals surface area (Å²) < 4.78 is 70.8. The molecule has 8 nitrogen and oxygen atoms in total. The van der Waals surface area contributed by atoms with Crippen LogP contribution in [0.2, 0.25) is 5.02 Å². The van der Waals surface area contributed by atoms with Gasteiger partial charge in [0.1, 0.15) is 17.7 Å². The van der Waals surface area contributed by atoms with E-state index in [0.29, 0.717) is 25.2 Å². The zero-order valence-corrected chi connectivity index (χ0v) is 19.1. The summed E-state index contributed by atoms with van der Waals surface area (Å²) in [5.41, 5.74) is -0.389. The lowest BCUT2D eigenvalue weighted by atomic mass is 9.76. The summed E-state index contributed by atoms with van der Waals surface area (Å²) in [6.07, 6.45) is -2.98. The molecule has 13 heteroatoms. The minimum Gasteiger partial charge on any atom is -0.484 e. The number of fused-ring (bicyclic) bond motifs is 1. The van der Waals surface area contributed by atoms with Crippen molar-refractivity contribution in [2.24, 2.45) is 5.92 Å². The molecule has 35 heavy (non-hydrogen) atoms. The second-order valence-corrected chi connectivity index (χ2v) is 9.64. The van der Waals surface area contributed by atoms with Gasteiger partial charge in [0.2, 0.25) is 11.8 Å². The summed E-state index contributed by atoms with van der Waals surface area (Å²) >= 11 is 5.64. The third-order valence-electron chi connectivity index (χ3n) is 6.74. The molecule has 1 aromatic heterocycles. The molecule has 3 aliphatic carbocycles. The third-order valence-corrected chi connectivity index (χ3v) is 7.05. The molecule has 3 saturated carbocycles. The zero-order valence-electron chi connectivity index (χ0n) is 18.3. The number of amides is 1. The second-order valence-electron chi connectivity index (χ2n) is 9.23. The van der Waals surface area contributed by atoms with Crippen molar-refractivity contribution in [2.45, 2.75) is 62.1 Å². The number of hydrogen-bond donors (Lipinski definition) is 1. The van der Waals surface area contributed by atoms with Crippen molar-refractivity contribution in [3.05, 3.63) is 40.8 Å². The molecular formula is C22H22ClF4N3O5. The van der Waals surface area contributed by atoms with Gasteiger partial charge in [0.15, 0.2) is 6.61 Å². The summed E-state index contributed by atoms with van der Waals surface area (Å²) in [5, 5.41) is 11.2. The molecule has 2 aromatic rings. The predicted octanol–water partition coefficient (Wildman–Crippen LogP) is 4.45. The van der Waals surface area contributed by atoms with Crippen LogP contribution >= 0.6 is 11.6 Å². The van der Waals surface area contributed by atoms with E-state index in [0.717, 1.165) is 18.9 Å². The second kappa shape index (κ2) is 9.21. The molecule has 2 bridgehead atoms. The number of carbonyl (C=O) groups is 1. The molecule has 190 valence electrons. The maximum absolute atomic E-state index is 13.5. The van der Waals surface area contributed by atoms with E-state index in [1.165, 1.54) is 12.1 Å². The number of halogens is 5. The van der Waals surface area contributed by atoms with E-state index in [-0.39, 0.29) is 46.6 Å². The van der Waals surface area contributed by atoms with Crippen LogP contribution in [-0.4, -0.2) is 47.3 Å². The topological polar surface area (TPSA) is 95.7 Å². The van der Waals surface area contributed by atoms with Gasteiger partial charge in [-0.3, -0.25) is 9.53 Å². The van der Waals surface area contributed by atoms with Gasteiger partial charge < -0.3 is 19.2 Å². The van der Waals surface area contributed by atoms with Gasteiger partial charge in [-0.2, -0.15) is 0 Å². The Balaban J connectivity index is 1.11. The maximum atomic E-state index is 13.5. The van der Waals surface area contributed by atoms with Crippen LogP contribution in [0.3, 0.4) is 0 Å². The molecule has 4 aliphatic rings. The molecular weight excluding hydrogens is 498 g/mol. The normalized spacial score (nSPS) is 29.7. The number of ether oxygens (including phenoxy) is 3. The van der Waals surface area contributed by atoms with Crippen LogP contribution < -0.4 is 10.1 Å². The van der Waals surface area contributed by atoms with Crippen molar-refractivity contribution in [1.82, 2.24) is 15.5 Å². The van der Waals surface area contributed by atoms with Crippen molar-refractivity contribution in [3.63, 3.8) is 0 Å². The van der Waals surface area contributed by atoms with E-state index in [2.05, 4.69) is 20.3 Å². The Hall–Kier alpha value is -2.44. The molecule has 1 aromatic carbocycles. The Morgan fingerprint density at radius 2 is 1.97 bits per heavy atom. The summed E-state index contributed by atoms with van der Waals surface area (Å²) in [6.45, 7) is -0.842. The number of benzene rings is 1. The largest absolute Gasteiger partial charge is 0.522 e. The number of alkyl halides is 3. The molecule has 1 saturated heterocycles. The van der Waals surface area contributed by atoms with E-state index in [1.54, 1.807) is 0 Å². The fourth-order valence-corrected chi connectivity index (χ4v) is 5.31. The molecule has 2 unspecified atom stereocenters. The van der Waals surface area contributed by atoms with Gasteiger partial charge >= 0.3 is 6.36 Å². The van der Waals surface area contributed by atoms with Gasteiger partial charge in [-0.1, -0.05) is 11.6 Å². The van der Waals surface area contributed by atoms with E-state index in [1.807, 2.05) is 0 Å². The first-order valence-electron chi connectivity index (χ1n) is 11.2. The standard InChI is InChI=1S/C22H22ClF4N3O5/c23-15-3-1-12(5-16(15)24)32-10-18(31)28-21-6-11(7-21)14(8-21)19-29-30-20(35-19)17-4-2-13(34-17)9-33-22(25,26)27/h1,3,5,11,13-14,17H,2,4,6-10H2,(H,28,31)/t11?,13-,14?,17?,21?/m1/s1. The van der Waals surface area contributed by atoms with Crippen LogP contribution in [0.4, 0.5) is 17.6 Å². The van der Waals surface area contributed by atoms with Crippen molar-refractivity contribution in [1.29, 1.82) is 0 Å². The van der Waals surface area contributed by atoms with Crippen LogP contribution in [0.1, 0.15) is 55.9 Å². The predicted molar refractivity (Wildman–Crippen MR) is 111 cm³/mol. The fourth-order valence-electron chi connectivity index (χ4n) is 5.20. The SMILES string of the molecule is O=C(COc1ccc(Cl)c(F)c1)NC12CC(C1)C(c1nnc(C3CC[C@H](COC(F)(F)F)O3)o1)C2. The lowest BCUT2D eigenvalue weighted by Gasteiger charge is -2.39. The molecule has 3 atom stereocenters. The third kappa shape index (κ3) is 5.39. The molecule has 4 fully saturated rings.